The number of rotatable bonds is 5. The predicted molar refractivity (Wildman–Crippen MR) is 66.2 cm³/mol. The first kappa shape index (κ1) is 12.8. The Hall–Kier alpha value is -1.22. The third-order valence-corrected chi connectivity index (χ3v) is 2.47. The number of hydrogen-bond acceptors (Lipinski definition) is 3. The predicted octanol–water partition coefficient (Wildman–Crippen LogP) is 3.34. The molecule has 0 radical (unpaired) electrons. The number of esters is 1. The molecule has 1 N–H and O–H groups in total. The van der Waals surface area contributed by atoms with Crippen molar-refractivity contribution < 1.29 is 9.53 Å². The molecule has 1 rings (SSSR count). The molecule has 0 aliphatic carbocycles. The lowest BCUT2D eigenvalue weighted by atomic mass is 10.1. The van der Waals surface area contributed by atoms with Gasteiger partial charge in [-0.05, 0) is 24.6 Å². The molecule has 0 spiro atoms. The van der Waals surface area contributed by atoms with Crippen LogP contribution in [-0.2, 0) is 4.74 Å². The second kappa shape index (κ2) is 6.38. The van der Waals surface area contributed by atoms with Crippen molar-refractivity contribution in [1.29, 1.82) is 0 Å². The Morgan fingerprint density at radius 1 is 1.50 bits per heavy atom. The molecule has 0 saturated heterocycles. The van der Waals surface area contributed by atoms with E-state index in [9.17, 15) is 4.79 Å². The van der Waals surface area contributed by atoms with Crippen molar-refractivity contribution in [2.45, 2.75) is 19.8 Å². The number of unbranched alkanes of at least 4 members (excludes halogenated alkanes) is 1. The van der Waals surface area contributed by atoms with Crippen molar-refractivity contribution in [2.24, 2.45) is 0 Å². The Morgan fingerprint density at radius 3 is 2.88 bits per heavy atom. The zero-order chi connectivity index (χ0) is 12.0. The van der Waals surface area contributed by atoms with E-state index in [1.807, 2.05) is 0 Å². The first-order valence-electron chi connectivity index (χ1n) is 5.30. The molecule has 3 nitrogen and oxygen atoms in total. The lowest BCUT2D eigenvalue weighted by molar-refractivity contribution is 0.0602. The Kier molecular flexibility index (Phi) is 5.12. The standard InChI is InChI=1S/C12H16ClNO2/c1-3-4-7-14-11-8-9(13)5-6-10(11)12(15)16-2/h5-6,8,14H,3-4,7H2,1-2H3. The van der Waals surface area contributed by atoms with Crippen molar-refractivity contribution in [3.8, 4) is 0 Å². The lowest BCUT2D eigenvalue weighted by Gasteiger charge is -2.10. The van der Waals surface area contributed by atoms with Crippen molar-refractivity contribution in [3.63, 3.8) is 0 Å². The number of benzene rings is 1. The van der Waals surface area contributed by atoms with Gasteiger partial charge in [0, 0.05) is 11.6 Å². The normalized spacial score (nSPS) is 9.94. The van der Waals surface area contributed by atoms with E-state index in [0.717, 1.165) is 25.1 Å². The molecule has 4 heteroatoms. The summed E-state index contributed by atoms with van der Waals surface area (Å²) in [5.74, 6) is -0.351. The van der Waals surface area contributed by atoms with Crippen molar-refractivity contribution >= 4 is 23.3 Å². The molecule has 0 heterocycles. The average Bonchev–Trinajstić information content (AvgIpc) is 2.29. The van der Waals surface area contributed by atoms with Gasteiger partial charge >= 0.3 is 5.97 Å². The fraction of sp³-hybridized carbons (Fsp3) is 0.417. The van der Waals surface area contributed by atoms with Crippen molar-refractivity contribution in [1.82, 2.24) is 0 Å². The Bertz CT molecular complexity index is 366. The summed E-state index contributed by atoms with van der Waals surface area (Å²) in [6.07, 6.45) is 2.15. The van der Waals surface area contributed by atoms with Gasteiger partial charge in [0.15, 0.2) is 0 Å². The number of anilines is 1. The van der Waals surface area contributed by atoms with Crippen LogP contribution in [0.5, 0.6) is 0 Å². The molecule has 1 aromatic carbocycles. The molecule has 0 aliphatic heterocycles. The molecule has 1 aromatic rings. The van der Waals surface area contributed by atoms with Gasteiger partial charge in [0.2, 0.25) is 0 Å². The van der Waals surface area contributed by atoms with Gasteiger partial charge < -0.3 is 10.1 Å². The third-order valence-electron chi connectivity index (χ3n) is 2.23. The molecule has 0 bridgehead atoms. The van der Waals surface area contributed by atoms with E-state index in [4.69, 9.17) is 16.3 Å². The zero-order valence-corrected chi connectivity index (χ0v) is 10.3. The van der Waals surface area contributed by atoms with E-state index in [-0.39, 0.29) is 5.97 Å². The van der Waals surface area contributed by atoms with Gasteiger partial charge in [0.1, 0.15) is 0 Å². The molecule has 16 heavy (non-hydrogen) atoms. The highest BCUT2D eigenvalue weighted by Gasteiger charge is 2.11. The number of carbonyl (C=O) groups excluding carboxylic acids is 1. The molecule has 0 atom stereocenters. The summed E-state index contributed by atoms with van der Waals surface area (Å²) in [5, 5.41) is 3.79. The van der Waals surface area contributed by atoms with Crippen LogP contribution in [0.4, 0.5) is 5.69 Å². The van der Waals surface area contributed by atoms with E-state index in [1.54, 1.807) is 18.2 Å². The second-order valence-corrected chi connectivity index (χ2v) is 3.90. The monoisotopic (exact) mass is 241 g/mol. The SMILES string of the molecule is CCCCNc1cc(Cl)ccc1C(=O)OC. The first-order chi connectivity index (χ1) is 7.69. The minimum Gasteiger partial charge on any atom is -0.465 e. The maximum absolute atomic E-state index is 11.5. The van der Waals surface area contributed by atoms with Crippen molar-refractivity contribution in [3.05, 3.63) is 28.8 Å². The third kappa shape index (κ3) is 3.42. The van der Waals surface area contributed by atoms with Gasteiger partial charge in [-0.3, -0.25) is 0 Å². The van der Waals surface area contributed by atoms with Gasteiger partial charge in [-0.15, -0.1) is 0 Å². The average molecular weight is 242 g/mol. The summed E-state index contributed by atoms with van der Waals surface area (Å²) in [4.78, 5) is 11.5. The van der Waals surface area contributed by atoms with Crippen molar-refractivity contribution in [2.75, 3.05) is 19.0 Å². The molecular weight excluding hydrogens is 226 g/mol. The molecule has 0 aliphatic rings. The van der Waals surface area contributed by atoms with E-state index in [2.05, 4.69) is 12.2 Å². The van der Waals surface area contributed by atoms with E-state index in [1.165, 1.54) is 7.11 Å². The van der Waals surface area contributed by atoms with Crippen LogP contribution in [0.3, 0.4) is 0 Å². The van der Waals surface area contributed by atoms with E-state index < -0.39 is 0 Å². The number of hydrogen-bond donors (Lipinski definition) is 1. The molecular formula is C12H16ClNO2. The quantitative estimate of drug-likeness (QED) is 0.635. The zero-order valence-electron chi connectivity index (χ0n) is 9.55. The van der Waals surface area contributed by atoms with Crippen LogP contribution in [0.15, 0.2) is 18.2 Å². The van der Waals surface area contributed by atoms with Gasteiger partial charge in [0.05, 0.1) is 18.4 Å². The number of ether oxygens (including phenoxy) is 1. The minimum atomic E-state index is -0.351. The maximum Gasteiger partial charge on any atom is 0.339 e. The highest BCUT2D eigenvalue weighted by molar-refractivity contribution is 6.31. The first-order valence-corrected chi connectivity index (χ1v) is 5.68. The minimum absolute atomic E-state index is 0.351. The molecule has 88 valence electrons. The number of methoxy groups -OCH3 is 1. The Labute approximate surface area is 101 Å². The number of nitrogens with one attached hydrogen (secondary N) is 1. The van der Waals surface area contributed by atoms with E-state index >= 15 is 0 Å². The summed E-state index contributed by atoms with van der Waals surface area (Å²) in [6.45, 7) is 2.93. The molecule has 0 saturated carbocycles. The fourth-order valence-electron chi connectivity index (χ4n) is 1.35. The summed E-state index contributed by atoms with van der Waals surface area (Å²) < 4.78 is 4.70. The van der Waals surface area contributed by atoms with Crippen LogP contribution in [0.25, 0.3) is 0 Å². The topological polar surface area (TPSA) is 38.3 Å². The molecule has 0 unspecified atom stereocenters. The van der Waals surface area contributed by atoms with Crippen LogP contribution >= 0.6 is 11.6 Å². The van der Waals surface area contributed by atoms with E-state index in [0.29, 0.717) is 10.6 Å². The summed E-state index contributed by atoms with van der Waals surface area (Å²) in [6, 6.07) is 5.09. The smallest absolute Gasteiger partial charge is 0.339 e. The summed E-state index contributed by atoms with van der Waals surface area (Å²) in [5.41, 5.74) is 1.25. The Balaban J connectivity index is 2.85. The highest BCUT2D eigenvalue weighted by atomic mass is 35.5. The maximum atomic E-state index is 11.5. The molecule has 0 fully saturated rings. The number of halogens is 1. The van der Waals surface area contributed by atoms with Gasteiger partial charge in [0.25, 0.3) is 0 Å². The molecule has 0 amide bonds. The van der Waals surface area contributed by atoms with Gasteiger partial charge in [-0.2, -0.15) is 0 Å². The van der Waals surface area contributed by atoms with Crippen LogP contribution in [0, 0.1) is 0 Å². The number of carbonyl (C=O) groups is 1. The summed E-state index contributed by atoms with van der Waals surface area (Å²) in [7, 11) is 1.37. The largest absolute Gasteiger partial charge is 0.465 e. The molecule has 0 aromatic heterocycles. The highest BCUT2D eigenvalue weighted by Crippen LogP contribution is 2.21. The van der Waals surface area contributed by atoms with Crippen LogP contribution in [0.2, 0.25) is 5.02 Å². The van der Waals surface area contributed by atoms with Crippen LogP contribution in [-0.4, -0.2) is 19.6 Å². The summed E-state index contributed by atoms with van der Waals surface area (Å²) >= 11 is 5.89. The lowest BCUT2D eigenvalue weighted by Crippen LogP contribution is -2.09. The second-order valence-electron chi connectivity index (χ2n) is 3.46. The van der Waals surface area contributed by atoms with Gasteiger partial charge in [-0.1, -0.05) is 24.9 Å². The van der Waals surface area contributed by atoms with Crippen LogP contribution < -0.4 is 5.32 Å². The fourth-order valence-corrected chi connectivity index (χ4v) is 1.52. The Morgan fingerprint density at radius 2 is 2.25 bits per heavy atom. The van der Waals surface area contributed by atoms with Gasteiger partial charge in [-0.25, -0.2) is 4.79 Å². The van der Waals surface area contributed by atoms with Crippen LogP contribution in [0.1, 0.15) is 30.1 Å².